The molecule has 2 atom stereocenters. The molecular formula is C30H34F3N5O5. The molecule has 0 spiro atoms. The van der Waals surface area contributed by atoms with Crippen molar-refractivity contribution in [1.82, 2.24) is 19.7 Å². The number of alkyl halides is 3. The summed E-state index contributed by atoms with van der Waals surface area (Å²) in [5.41, 5.74) is -1.35. The maximum Gasteiger partial charge on any atom is 0.435 e. The summed E-state index contributed by atoms with van der Waals surface area (Å²) in [5.74, 6) is -4.34. The fourth-order valence-electron chi connectivity index (χ4n) is 5.69. The van der Waals surface area contributed by atoms with E-state index in [2.05, 4.69) is 15.4 Å². The molecule has 43 heavy (non-hydrogen) atoms. The van der Waals surface area contributed by atoms with Crippen LogP contribution in [0, 0.1) is 0 Å². The Bertz CT molecular complexity index is 1630. The standard InChI is InChI=1S/C30H34F3N5O5/c1-28(2,3)43-27(41)38-22-9-10-24(35-21(22)16-34-38)36-25(39)23-15-19(31)17-37(23)26(40)29(11-13-30(32,33)14-12-29)18-5-7-20(42-4)8-6-18/h5-10,16,19,23H,11-15,17H2,1-4H3,(H,35,36,39)/t19-,23-/m1/s1/i4D3. The molecule has 0 radical (unpaired) electrons. The van der Waals surface area contributed by atoms with Crippen molar-refractivity contribution in [2.24, 2.45) is 0 Å². The van der Waals surface area contributed by atoms with Crippen molar-refractivity contribution >= 4 is 34.8 Å². The molecule has 2 amide bonds. The number of hydrogen-bond acceptors (Lipinski definition) is 7. The maximum absolute atomic E-state index is 14.9. The monoisotopic (exact) mass is 604 g/mol. The first-order chi connectivity index (χ1) is 21.4. The minimum absolute atomic E-state index is 0.00385. The molecule has 3 heterocycles. The fourth-order valence-corrected chi connectivity index (χ4v) is 5.69. The van der Waals surface area contributed by atoms with Gasteiger partial charge < -0.3 is 19.7 Å². The number of methoxy groups -OCH3 is 1. The third kappa shape index (κ3) is 6.16. The van der Waals surface area contributed by atoms with E-state index in [0.717, 1.165) is 9.58 Å². The molecule has 1 aliphatic carbocycles. The van der Waals surface area contributed by atoms with E-state index in [0.29, 0.717) is 11.1 Å². The second-order valence-corrected chi connectivity index (χ2v) is 12.0. The molecule has 3 aromatic rings. The van der Waals surface area contributed by atoms with Crippen LogP contribution >= 0.6 is 0 Å². The number of hydrogen-bond donors (Lipinski definition) is 1. The van der Waals surface area contributed by atoms with Crippen LogP contribution in [0.5, 0.6) is 5.75 Å². The summed E-state index contributed by atoms with van der Waals surface area (Å²) in [6, 6.07) is 7.21. The first-order valence-electron chi connectivity index (χ1n) is 15.4. The van der Waals surface area contributed by atoms with E-state index in [4.69, 9.17) is 13.6 Å². The molecule has 2 aromatic heterocycles. The highest BCUT2D eigenvalue weighted by atomic mass is 19.3. The van der Waals surface area contributed by atoms with Gasteiger partial charge in [-0.2, -0.15) is 9.78 Å². The largest absolute Gasteiger partial charge is 0.497 e. The van der Waals surface area contributed by atoms with Crippen LogP contribution < -0.4 is 10.1 Å². The molecule has 1 aromatic carbocycles. The normalized spacial score (nSPS) is 22.7. The number of nitrogens with one attached hydrogen (secondary N) is 1. The van der Waals surface area contributed by atoms with Gasteiger partial charge in [-0.25, -0.2) is 22.9 Å². The van der Waals surface area contributed by atoms with Gasteiger partial charge in [-0.1, -0.05) is 12.1 Å². The van der Waals surface area contributed by atoms with Crippen LogP contribution in [0.2, 0.25) is 0 Å². The Morgan fingerprint density at radius 3 is 2.42 bits per heavy atom. The third-order valence-corrected chi connectivity index (χ3v) is 7.83. The van der Waals surface area contributed by atoms with Crippen LogP contribution in [0.4, 0.5) is 23.8 Å². The maximum atomic E-state index is 14.9. The van der Waals surface area contributed by atoms with E-state index in [-0.39, 0.29) is 36.3 Å². The van der Waals surface area contributed by atoms with Gasteiger partial charge in [-0.05, 0) is 63.4 Å². The average molecular weight is 605 g/mol. The van der Waals surface area contributed by atoms with E-state index in [9.17, 15) is 27.6 Å². The van der Waals surface area contributed by atoms with E-state index in [1.165, 1.54) is 42.6 Å². The molecule has 0 bridgehead atoms. The predicted molar refractivity (Wildman–Crippen MR) is 151 cm³/mol. The topological polar surface area (TPSA) is 116 Å². The number of carbonyl (C=O) groups excluding carboxylic acids is 3. The highest BCUT2D eigenvalue weighted by Crippen LogP contribution is 2.47. The molecule has 230 valence electrons. The second kappa shape index (κ2) is 11.2. The highest BCUT2D eigenvalue weighted by molar-refractivity contribution is 6.00. The van der Waals surface area contributed by atoms with Crippen LogP contribution in [0.15, 0.2) is 42.6 Å². The van der Waals surface area contributed by atoms with Gasteiger partial charge >= 0.3 is 6.09 Å². The number of rotatable bonds is 5. The van der Waals surface area contributed by atoms with Crippen molar-refractivity contribution < 1.29 is 41.1 Å². The van der Waals surface area contributed by atoms with Crippen LogP contribution in [0.25, 0.3) is 11.0 Å². The van der Waals surface area contributed by atoms with Crippen molar-refractivity contribution in [2.45, 2.75) is 82.0 Å². The number of aromatic nitrogens is 3. The van der Waals surface area contributed by atoms with E-state index >= 15 is 0 Å². The Morgan fingerprint density at radius 2 is 1.77 bits per heavy atom. The SMILES string of the molecule is [2H]C([2H])([2H])Oc1ccc(C2(C(=O)N3C[C@H](F)C[C@@H]3C(=O)Nc3ccc4c(cnn4C(=O)OC(C)(C)C)n3)CCC(F)(F)CC2)cc1. The van der Waals surface area contributed by atoms with Gasteiger partial charge in [0.1, 0.15) is 34.9 Å². The highest BCUT2D eigenvalue weighted by Gasteiger charge is 2.53. The van der Waals surface area contributed by atoms with Crippen LogP contribution in [0.1, 0.15) is 62.6 Å². The van der Waals surface area contributed by atoms with Gasteiger partial charge in [-0.15, -0.1) is 0 Å². The summed E-state index contributed by atoms with van der Waals surface area (Å²) in [6.07, 6.45) is -2.99. The number of amides is 2. The van der Waals surface area contributed by atoms with Crippen molar-refractivity contribution in [3.63, 3.8) is 0 Å². The van der Waals surface area contributed by atoms with Crippen molar-refractivity contribution in [3.8, 4) is 5.75 Å². The number of fused-ring (bicyclic) bond motifs is 1. The summed E-state index contributed by atoms with van der Waals surface area (Å²) < 4.78 is 76.7. The van der Waals surface area contributed by atoms with Crippen molar-refractivity contribution in [1.29, 1.82) is 0 Å². The summed E-state index contributed by atoms with van der Waals surface area (Å²) >= 11 is 0. The van der Waals surface area contributed by atoms with E-state index in [1.807, 2.05) is 0 Å². The summed E-state index contributed by atoms with van der Waals surface area (Å²) in [4.78, 5) is 45.7. The van der Waals surface area contributed by atoms with E-state index < -0.39 is 73.5 Å². The summed E-state index contributed by atoms with van der Waals surface area (Å²) in [5, 5.41) is 6.62. The lowest BCUT2D eigenvalue weighted by atomic mass is 9.67. The van der Waals surface area contributed by atoms with Gasteiger partial charge in [-0.3, -0.25) is 9.59 Å². The van der Waals surface area contributed by atoms with Crippen LogP contribution in [-0.4, -0.2) is 74.9 Å². The molecule has 0 unspecified atom stereocenters. The number of carbonyl (C=O) groups is 3. The molecule has 1 saturated carbocycles. The number of pyridine rings is 1. The van der Waals surface area contributed by atoms with Gasteiger partial charge in [0.25, 0.3) is 0 Å². The Labute approximate surface area is 250 Å². The molecule has 5 rings (SSSR count). The Morgan fingerprint density at radius 1 is 1.07 bits per heavy atom. The van der Waals surface area contributed by atoms with Gasteiger partial charge in [0.2, 0.25) is 17.7 Å². The lowest BCUT2D eigenvalue weighted by molar-refractivity contribution is -0.146. The molecular weight excluding hydrogens is 567 g/mol. The van der Waals surface area contributed by atoms with Crippen molar-refractivity contribution in [2.75, 3.05) is 18.9 Å². The first-order valence-corrected chi connectivity index (χ1v) is 13.9. The number of benzene rings is 1. The van der Waals surface area contributed by atoms with E-state index in [1.54, 1.807) is 20.8 Å². The third-order valence-electron chi connectivity index (χ3n) is 7.83. The van der Waals surface area contributed by atoms with Crippen molar-refractivity contribution in [3.05, 3.63) is 48.2 Å². The number of halogens is 3. The molecule has 10 nitrogen and oxygen atoms in total. The number of anilines is 1. The lowest BCUT2D eigenvalue weighted by Gasteiger charge is -2.42. The number of nitrogens with zero attached hydrogens (tertiary/aromatic N) is 4. The molecule has 1 saturated heterocycles. The Balaban J connectivity index is 1.38. The van der Waals surface area contributed by atoms with Gasteiger partial charge in [0, 0.05) is 19.3 Å². The number of likely N-dealkylation sites (tertiary alicyclic amines) is 1. The molecule has 1 N–H and O–H groups in total. The summed E-state index contributed by atoms with van der Waals surface area (Å²) in [6.45, 7) is 4.72. The average Bonchev–Trinajstić information content (AvgIpc) is 3.55. The zero-order valence-corrected chi connectivity index (χ0v) is 23.9. The predicted octanol–water partition coefficient (Wildman–Crippen LogP) is 5.25. The molecule has 2 fully saturated rings. The Kier molecular flexibility index (Phi) is 6.87. The second-order valence-electron chi connectivity index (χ2n) is 12.0. The molecule has 2 aliphatic rings. The van der Waals surface area contributed by atoms with Gasteiger partial charge in [0.05, 0.1) is 34.8 Å². The zero-order valence-electron chi connectivity index (χ0n) is 26.9. The van der Waals surface area contributed by atoms with Crippen LogP contribution in [0.3, 0.4) is 0 Å². The van der Waals surface area contributed by atoms with Gasteiger partial charge in [0.15, 0.2) is 0 Å². The minimum atomic E-state index is -3.00. The smallest absolute Gasteiger partial charge is 0.435 e. The zero-order chi connectivity index (χ0) is 33.7. The number of ether oxygens (including phenoxy) is 2. The molecule has 1 aliphatic heterocycles. The lowest BCUT2D eigenvalue weighted by Crippen LogP contribution is -2.54. The molecule has 13 heteroatoms. The quantitative estimate of drug-likeness (QED) is 0.423. The fraction of sp³-hybridized carbons (Fsp3) is 0.500. The Hall–Kier alpha value is -4.16. The first kappa shape index (κ1) is 26.5. The minimum Gasteiger partial charge on any atom is -0.497 e. The van der Waals surface area contributed by atoms with Crippen LogP contribution in [-0.2, 0) is 19.7 Å². The summed E-state index contributed by atoms with van der Waals surface area (Å²) in [7, 11) is -2.72.